The molecule has 0 unspecified atom stereocenters. The minimum Gasteiger partial charge on any atom is -0.402 e. The lowest BCUT2D eigenvalue weighted by atomic mass is 10.0. The first-order chi connectivity index (χ1) is 14.4. The van der Waals surface area contributed by atoms with E-state index < -0.39 is 0 Å². The van der Waals surface area contributed by atoms with Crippen LogP contribution in [0, 0.1) is 19.3 Å². The highest BCUT2D eigenvalue weighted by Gasteiger charge is 2.12. The van der Waals surface area contributed by atoms with E-state index in [4.69, 9.17) is 10.1 Å². The summed E-state index contributed by atoms with van der Waals surface area (Å²) in [6.07, 6.45) is 1.01. The Morgan fingerprint density at radius 1 is 1.03 bits per heavy atom. The van der Waals surface area contributed by atoms with Crippen molar-refractivity contribution in [2.75, 3.05) is 20.1 Å². The van der Waals surface area contributed by atoms with E-state index in [1.165, 1.54) is 11.1 Å². The van der Waals surface area contributed by atoms with Crippen molar-refractivity contribution in [3.63, 3.8) is 0 Å². The van der Waals surface area contributed by atoms with Gasteiger partial charge in [0, 0.05) is 12.1 Å². The van der Waals surface area contributed by atoms with Gasteiger partial charge in [-0.05, 0) is 73.5 Å². The minimum atomic E-state index is 0.152. The van der Waals surface area contributed by atoms with Crippen molar-refractivity contribution in [2.24, 2.45) is 4.99 Å². The highest BCUT2D eigenvalue weighted by Crippen LogP contribution is 2.24. The molecule has 0 amide bonds. The molecule has 3 aromatic rings. The van der Waals surface area contributed by atoms with Crippen LogP contribution in [-0.4, -0.2) is 36.1 Å². The van der Waals surface area contributed by atoms with E-state index in [-0.39, 0.29) is 11.1 Å². The van der Waals surface area contributed by atoms with Crippen LogP contribution in [0.2, 0.25) is 0 Å². The highest BCUT2D eigenvalue weighted by atomic mass is 32.1. The second-order valence-corrected chi connectivity index (χ2v) is 8.05. The number of nitrogens with zero attached hydrogens (tertiary/aromatic N) is 2. The number of nitrogens with one attached hydrogen (secondary N) is 1. The first kappa shape index (κ1) is 22.1. The maximum atomic E-state index is 8.34. The van der Waals surface area contributed by atoms with Crippen LogP contribution < -0.4 is 4.74 Å². The van der Waals surface area contributed by atoms with Crippen LogP contribution in [0.5, 0.6) is 5.75 Å². The molecule has 0 heterocycles. The lowest BCUT2D eigenvalue weighted by Gasteiger charge is -2.16. The fourth-order valence-electron chi connectivity index (χ4n) is 3.33. The summed E-state index contributed by atoms with van der Waals surface area (Å²) in [4.78, 5) is 6.60. The molecule has 0 aromatic heterocycles. The SMILES string of the molecule is CCN(C)CCc1cc(C)c(OC([SH2+])=NC(=N)c2ccc3ccccc3c2)cc1C. The van der Waals surface area contributed by atoms with Crippen LogP contribution in [0.3, 0.4) is 0 Å². The van der Waals surface area contributed by atoms with Crippen molar-refractivity contribution >= 4 is 34.5 Å². The quantitative estimate of drug-likeness (QED) is 0.356. The van der Waals surface area contributed by atoms with Crippen molar-refractivity contribution in [1.29, 1.82) is 5.41 Å². The Labute approximate surface area is 184 Å². The molecule has 1 N–H and O–H groups in total. The number of benzene rings is 3. The molecule has 0 aliphatic rings. The Bertz CT molecular complexity index is 1090. The summed E-state index contributed by atoms with van der Waals surface area (Å²) in [5.41, 5.74) is 4.33. The average Bonchev–Trinajstić information content (AvgIpc) is 2.74. The largest absolute Gasteiger partial charge is 0.414 e. The van der Waals surface area contributed by atoms with Gasteiger partial charge in [0.25, 0.3) is 0 Å². The number of hydrogen-bond acceptors (Lipinski definition) is 3. The van der Waals surface area contributed by atoms with E-state index in [1.807, 2.05) is 49.4 Å². The van der Waals surface area contributed by atoms with Crippen LogP contribution in [0.1, 0.15) is 29.2 Å². The Kier molecular flexibility index (Phi) is 7.29. The van der Waals surface area contributed by atoms with Gasteiger partial charge in [-0.15, -0.1) is 4.99 Å². The van der Waals surface area contributed by atoms with Gasteiger partial charge in [-0.25, -0.2) is 0 Å². The van der Waals surface area contributed by atoms with E-state index in [1.54, 1.807) is 0 Å². The summed E-state index contributed by atoms with van der Waals surface area (Å²) in [5.74, 6) is 0.902. The van der Waals surface area contributed by atoms with Crippen LogP contribution in [-0.2, 0) is 19.0 Å². The van der Waals surface area contributed by atoms with Crippen LogP contribution in [0.4, 0.5) is 0 Å². The van der Waals surface area contributed by atoms with Gasteiger partial charge in [0.05, 0.1) is 12.6 Å². The third kappa shape index (κ3) is 5.49. The predicted molar refractivity (Wildman–Crippen MR) is 132 cm³/mol. The molecule has 3 rings (SSSR count). The Morgan fingerprint density at radius 2 is 1.77 bits per heavy atom. The zero-order valence-electron chi connectivity index (χ0n) is 18.1. The number of aliphatic imine (C=N–C) groups is 1. The van der Waals surface area contributed by atoms with E-state index in [0.29, 0.717) is 0 Å². The van der Waals surface area contributed by atoms with E-state index >= 15 is 0 Å². The number of hydrogen-bond donors (Lipinski definition) is 1. The average molecular weight is 421 g/mol. The summed E-state index contributed by atoms with van der Waals surface area (Å²) in [6.45, 7) is 8.39. The van der Waals surface area contributed by atoms with Crippen LogP contribution in [0.25, 0.3) is 10.8 Å². The maximum Gasteiger partial charge on any atom is 0.414 e. The van der Waals surface area contributed by atoms with Crippen molar-refractivity contribution in [1.82, 2.24) is 4.90 Å². The monoisotopic (exact) mass is 420 g/mol. The third-order valence-electron chi connectivity index (χ3n) is 5.38. The Balaban J connectivity index is 1.73. The number of rotatable bonds is 6. The highest BCUT2D eigenvalue weighted by molar-refractivity contribution is 7.77. The molecule has 0 spiro atoms. The third-order valence-corrected chi connectivity index (χ3v) is 5.59. The van der Waals surface area contributed by atoms with Crippen LogP contribution >= 0.6 is 0 Å². The number of likely N-dealkylation sites (N-methyl/N-ethyl adjacent to an activating group) is 1. The van der Waals surface area contributed by atoms with E-state index in [0.717, 1.165) is 47.2 Å². The van der Waals surface area contributed by atoms with Gasteiger partial charge in [0.2, 0.25) is 0 Å². The molecule has 5 heteroatoms. The van der Waals surface area contributed by atoms with Crippen molar-refractivity contribution in [2.45, 2.75) is 27.2 Å². The number of ether oxygens (including phenoxy) is 1. The second-order valence-electron chi connectivity index (χ2n) is 7.62. The molecule has 0 saturated carbocycles. The fraction of sp³-hybridized carbons (Fsp3) is 0.280. The molecule has 0 radical (unpaired) electrons. The van der Waals surface area contributed by atoms with E-state index in [2.05, 4.69) is 55.5 Å². The van der Waals surface area contributed by atoms with Crippen LogP contribution in [0.15, 0.2) is 59.6 Å². The van der Waals surface area contributed by atoms with Gasteiger partial charge >= 0.3 is 5.23 Å². The minimum absolute atomic E-state index is 0.152. The summed E-state index contributed by atoms with van der Waals surface area (Å²) in [7, 11) is 2.14. The van der Waals surface area contributed by atoms with Gasteiger partial charge in [0.15, 0.2) is 5.84 Å². The van der Waals surface area contributed by atoms with Crippen molar-refractivity contribution in [3.05, 3.63) is 76.9 Å². The lowest BCUT2D eigenvalue weighted by Crippen LogP contribution is -2.20. The molecule has 0 aliphatic heterocycles. The number of fused-ring (bicyclic) bond motifs is 1. The Hall–Kier alpha value is -2.63. The van der Waals surface area contributed by atoms with E-state index in [9.17, 15) is 0 Å². The normalized spacial score (nSPS) is 11.9. The maximum absolute atomic E-state index is 8.34. The zero-order chi connectivity index (χ0) is 21.7. The predicted octanol–water partition coefficient (Wildman–Crippen LogP) is 4.72. The van der Waals surface area contributed by atoms with Gasteiger partial charge in [-0.2, -0.15) is 0 Å². The van der Waals surface area contributed by atoms with Crippen molar-refractivity contribution in [3.8, 4) is 5.75 Å². The topological polar surface area (TPSA) is 48.7 Å². The molecular formula is C25H30N3OS+. The van der Waals surface area contributed by atoms with Gasteiger partial charge in [-0.1, -0.05) is 49.4 Å². The Morgan fingerprint density at radius 3 is 2.50 bits per heavy atom. The first-order valence-electron chi connectivity index (χ1n) is 10.2. The molecule has 0 bridgehead atoms. The summed E-state index contributed by atoms with van der Waals surface area (Å²) in [5, 5.41) is 10.8. The van der Waals surface area contributed by atoms with Gasteiger partial charge in [0.1, 0.15) is 5.75 Å². The molecule has 4 nitrogen and oxygen atoms in total. The summed E-state index contributed by atoms with van der Waals surface area (Å²) < 4.78 is 5.92. The first-order valence-corrected chi connectivity index (χ1v) is 10.7. The molecule has 156 valence electrons. The van der Waals surface area contributed by atoms with Crippen molar-refractivity contribution < 1.29 is 4.74 Å². The smallest absolute Gasteiger partial charge is 0.402 e. The standard InChI is InChI=1S/C25H29N3OS/c1-5-28(4)13-12-20-14-18(3)23(15-17(20)2)29-25(30)27-24(26)22-11-10-19-8-6-7-9-21(19)16-22/h6-11,14-16H,5,12-13H2,1-4H3,(H2,26,27,30)/p+1. The molecule has 0 fully saturated rings. The molecule has 0 saturated heterocycles. The molecular weight excluding hydrogens is 390 g/mol. The van der Waals surface area contributed by atoms with Gasteiger partial charge < -0.3 is 9.64 Å². The number of amidine groups is 1. The molecule has 0 aliphatic carbocycles. The zero-order valence-corrected chi connectivity index (χ0v) is 19.1. The number of aryl methyl sites for hydroxylation is 2. The lowest BCUT2D eigenvalue weighted by molar-refractivity contribution is 0.357. The molecule has 3 aromatic carbocycles. The summed E-state index contributed by atoms with van der Waals surface area (Å²) in [6, 6.07) is 18.2. The second kappa shape index (κ2) is 9.92. The fourth-order valence-corrected chi connectivity index (χ4v) is 3.55. The molecule has 30 heavy (non-hydrogen) atoms. The van der Waals surface area contributed by atoms with Gasteiger partial charge in [-0.3, -0.25) is 5.41 Å². The molecule has 0 atom stereocenters. The summed E-state index contributed by atoms with van der Waals surface area (Å²) >= 11 is 3.44.